The Morgan fingerprint density at radius 1 is 1.15 bits per heavy atom. The molecular formula is C10H14O3. The van der Waals surface area contributed by atoms with Crippen LogP contribution in [0.3, 0.4) is 0 Å². The van der Waals surface area contributed by atoms with E-state index in [1.54, 1.807) is 12.2 Å². The van der Waals surface area contributed by atoms with Crippen molar-refractivity contribution in [2.45, 2.75) is 19.8 Å². The van der Waals surface area contributed by atoms with E-state index in [9.17, 15) is 9.59 Å². The molecule has 0 unspecified atom stereocenters. The van der Waals surface area contributed by atoms with Gasteiger partial charge in [0.05, 0.1) is 7.11 Å². The van der Waals surface area contributed by atoms with Crippen LogP contribution >= 0.6 is 0 Å². The van der Waals surface area contributed by atoms with Crippen molar-refractivity contribution in [3.8, 4) is 0 Å². The minimum atomic E-state index is -0.351. The molecule has 0 radical (unpaired) electrons. The first kappa shape index (κ1) is 11.6. The summed E-state index contributed by atoms with van der Waals surface area (Å²) in [5.74, 6) is -0.313. The highest BCUT2D eigenvalue weighted by atomic mass is 16.5. The fourth-order valence-electron chi connectivity index (χ4n) is 0.689. The van der Waals surface area contributed by atoms with Gasteiger partial charge in [-0.1, -0.05) is 12.2 Å². The van der Waals surface area contributed by atoms with Gasteiger partial charge in [-0.05, 0) is 25.8 Å². The molecule has 3 nitrogen and oxygen atoms in total. The Hall–Kier alpha value is -1.38. The SMILES string of the molecule is COC(=O)C=CCCC=CC(C)=O. The topological polar surface area (TPSA) is 43.4 Å². The zero-order valence-corrected chi connectivity index (χ0v) is 7.95. The fourth-order valence-corrected chi connectivity index (χ4v) is 0.689. The third-order valence-corrected chi connectivity index (χ3v) is 1.31. The molecule has 72 valence electrons. The van der Waals surface area contributed by atoms with E-state index in [4.69, 9.17) is 0 Å². The first-order valence-electron chi connectivity index (χ1n) is 4.08. The van der Waals surface area contributed by atoms with Gasteiger partial charge in [-0.25, -0.2) is 4.79 Å². The number of hydrogen-bond acceptors (Lipinski definition) is 3. The van der Waals surface area contributed by atoms with Gasteiger partial charge < -0.3 is 4.74 Å². The van der Waals surface area contributed by atoms with E-state index < -0.39 is 0 Å². The molecule has 0 aliphatic carbocycles. The van der Waals surface area contributed by atoms with Crippen molar-refractivity contribution in [3.05, 3.63) is 24.3 Å². The zero-order chi connectivity index (χ0) is 10.1. The van der Waals surface area contributed by atoms with Gasteiger partial charge in [0.15, 0.2) is 5.78 Å². The average molecular weight is 182 g/mol. The molecule has 0 amide bonds. The summed E-state index contributed by atoms with van der Waals surface area (Å²) in [5, 5.41) is 0. The number of hydrogen-bond donors (Lipinski definition) is 0. The Bertz CT molecular complexity index is 226. The zero-order valence-electron chi connectivity index (χ0n) is 7.95. The van der Waals surface area contributed by atoms with Crippen LogP contribution in [0.25, 0.3) is 0 Å². The summed E-state index contributed by atoms with van der Waals surface area (Å²) in [7, 11) is 1.34. The van der Waals surface area contributed by atoms with Gasteiger partial charge in [0.2, 0.25) is 0 Å². The van der Waals surface area contributed by atoms with Gasteiger partial charge in [-0.2, -0.15) is 0 Å². The van der Waals surface area contributed by atoms with Crippen molar-refractivity contribution < 1.29 is 14.3 Å². The molecule has 0 bridgehead atoms. The lowest BCUT2D eigenvalue weighted by atomic mass is 10.2. The summed E-state index contributed by atoms with van der Waals surface area (Å²) in [6.07, 6.45) is 7.89. The van der Waals surface area contributed by atoms with Gasteiger partial charge in [0, 0.05) is 6.08 Å². The van der Waals surface area contributed by atoms with E-state index in [0.717, 1.165) is 12.8 Å². The highest BCUT2D eigenvalue weighted by Crippen LogP contribution is 1.93. The highest BCUT2D eigenvalue weighted by Gasteiger charge is 1.88. The second-order valence-electron chi connectivity index (χ2n) is 2.52. The Kier molecular flexibility index (Phi) is 6.51. The maximum absolute atomic E-state index is 10.6. The lowest BCUT2D eigenvalue weighted by Crippen LogP contribution is -1.93. The van der Waals surface area contributed by atoms with E-state index in [1.165, 1.54) is 26.2 Å². The molecule has 0 atom stereocenters. The summed E-state index contributed by atoms with van der Waals surface area (Å²) in [6.45, 7) is 1.50. The molecule has 3 heteroatoms. The van der Waals surface area contributed by atoms with Crippen LogP contribution in [0.2, 0.25) is 0 Å². The van der Waals surface area contributed by atoms with Crippen LogP contribution in [-0.4, -0.2) is 18.9 Å². The fraction of sp³-hybridized carbons (Fsp3) is 0.400. The van der Waals surface area contributed by atoms with Gasteiger partial charge in [-0.3, -0.25) is 4.79 Å². The number of carbonyl (C=O) groups excluding carboxylic acids is 2. The second-order valence-corrected chi connectivity index (χ2v) is 2.52. The monoisotopic (exact) mass is 182 g/mol. The molecule has 0 saturated carbocycles. The van der Waals surface area contributed by atoms with E-state index in [0.29, 0.717) is 0 Å². The molecule has 0 spiro atoms. The molecule has 13 heavy (non-hydrogen) atoms. The number of ether oxygens (including phenoxy) is 1. The van der Waals surface area contributed by atoms with Crippen molar-refractivity contribution in [1.82, 2.24) is 0 Å². The van der Waals surface area contributed by atoms with Crippen molar-refractivity contribution >= 4 is 11.8 Å². The molecular weight excluding hydrogens is 168 g/mol. The quantitative estimate of drug-likeness (QED) is 0.369. The van der Waals surface area contributed by atoms with E-state index in [1.807, 2.05) is 0 Å². The molecule has 0 aromatic carbocycles. The van der Waals surface area contributed by atoms with E-state index in [-0.39, 0.29) is 11.8 Å². The first-order valence-corrected chi connectivity index (χ1v) is 4.08. The number of ketones is 1. The number of unbranched alkanes of at least 4 members (excludes halogenated alkanes) is 1. The molecule has 0 fully saturated rings. The van der Waals surface area contributed by atoms with Crippen LogP contribution < -0.4 is 0 Å². The van der Waals surface area contributed by atoms with Gasteiger partial charge in [-0.15, -0.1) is 0 Å². The molecule has 0 aliphatic rings. The predicted octanol–water partition coefficient (Wildman–Crippen LogP) is 1.64. The van der Waals surface area contributed by atoms with Crippen molar-refractivity contribution in [2.24, 2.45) is 0 Å². The highest BCUT2D eigenvalue weighted by molar-refractivity contribution is 5.87. The lowest BCUT2D eigenvalue weighted by molar-refractivity contribution is -0.134. The van der Waals surface area contributed by atoms with Gasteiger partial charge in [0.1, 0.15) is 0 Å². The van der Waals surface area contributed by atoms with Crippen molar-refractivity contribution in [1.29, 1.82) is 0 Å². The summed E-state index contributed by atoms with van der Waals surface area (Å²) in [6, 6.07) is 0. The molecule has 0 saturated heterocycles. The Labute approximate surface area is 78.1 Å². The smallest absolute Gasteiger partial charge is 0.330 e. The maximum atomic E-state index is 10.6. The van der Waals surface area contributed by atoms with Crippen molar-refractivity contribution in [2.75, 3.05) is 7.11 Å². The molecule has 0 heterocycles. The predicted molar refractivity (Wildman–Crippen MR) is 50.2 cm³/mol. The Morgan fingerprint density at radius 3 is 2.15 bits per heavy atom. The van der Waals surface area contributed by atoms with Crippen LogP contribution in [0, 0.1) is 0 Å². The van der Waals surface area contributed by atoms with Crippen LogP contribution in [0.4, 0.5) is 0 Å². The van der Waals surface area contributed by atoms with Crippen LogP contribution in [0.5, 0.6) is 0 Å². The first-order chi connectivity index (χ1) is 6.16. The standard InChI is InChI=1S/C10H14O3/c1-9(11)7-5-3-4-6-8-10(12)13-2/h5-8H,3-4H2,1-2H3. The largest absolute Gasteiger partial charge is 0.466 e. The number of esters is 1. The molecule has 0 rings (SSSR count). The van der Waals surface area contributed by atoms with Gasteiger partial charge in [0.25, 0.3) is 0 Å². The van der Waals surface area contributed by atoms with E-state index in [2.05, 4.69) is 4.74 Å². The third-order valence-electron chi connectivity index (χ3n) is 1.31. The summed E-state index contributed by atoms with van der Waals surface area (Å²) < 4.78 is 4.40. The maximum Gasteiger partial charge on any atom is 0.330 e. The summed E-state index contributed by atoms with van der Waals surface area (Å²) in [4.78, 5) is 21.0. The minimum Gasteiger partial charge on any atom is -0.466 e. The minimum absolute atomic E-state index is 0.0388. The number of allylic oxidation sites excluding steroid dienone is 3. The van der Waals surface area contributed by atoms with Crippen LogP contribution in [-0.2, 0) is 14.3 Å². The normalized spacial score (nSPS) is 10.9. The molecule has 0 aliphatic heterocycles. The Balaban J connectivity index is 3.51. The van der Waals surface area contributed by atoms with Crippen LogP contribution in [0.1, 0.15) is 19.8 Å². The number of rotatable bonds is 5. The Morgan fingerprint density at radius 2 is 1.69 bits per heavy atom. The second kappa shape index (κ2) is 7.28. The third kappa shape index (κ3) is 8.53. The average Bonchev–Trinajstić information content (AvgIpc) is 2.10. The molecule has 0 aromatic rings. The summed E-state index contributed by atoms with van der Waals surface area (Å²) >= 11 is 0. The lowest BCUT2D eigenvalue weighted by Gasteiger charge is -1.88. The van der Waals surface area contributed by atoms with E-state index >= 15 is 0 Å². The number of methoxy groups -OCH3 is 1. The summed E-state index contributed by atoms with van der Waals surface area (Å²) in [5.41, 5.74) is 0. The van der Waals surface area contributed by atoms with Crippen LogP contribution in [0.15, 0.2) is 24.3 Å². The van der Waals surface area contributed by atoms with Gasteiger partial charge >= 0.3 is 5.97 Å². The van der Waals surface area contributed by atoms with Crippen molar-refractivity contribution in [3.63, 3.8) is 0 Å². The molecule has 0 aromatic heterocycles. The molecule has 0 N–H and O–H groups in total. The number of carbonyl (C=O) groups is 2.